The molecule has 2 saturated heterocycles. The number of rotatable bonds is 3. The van der Waals surface area contributed by atoms with Crippen LogP contribution in [0.5, 0.6) is 0 Å². The average molecular weight is 328 g/mol. The maximum Gasteiger partial charge on any atom is 0.282 e. The van der Waals surface area contributed by atoms with E-state index in [1.54, 1.807) is 8.61 Å². The van der Waals surface area contributed by atoms with E-state index in [-0.39, 0.29) is 30.7 Å². The molecule has 120 valence electrons. The van der Waals surface area contributed by atoms with E-state index < -0.39 is 10.2 Å². The minimum Gasteiger partial charge on any atom is -0.373 e. The number of morpholine rings is 1. The Labute approximate surface area is 128 Å². The summed E-state index contributed by atoms with van der Waals surface area (Å²) in [5, 5.41) is 0. The first-order chi connectivity index (χ1) is 8.95. The summed E-state index contributed by atoms with van der Waals surface area (Å²) in [7, 11) is -3.41. The fourth-order valence-electron chi connectivity index (χ4n) is 2.98. The van der Waals surface area contributed by atoms with E-state index in [1.807, 2.05) is 13.8 Å². The van der Waals surface area contributed by atoms with E-state index in [9.17, 15) is 8.42 Å². The van der Waals surface area contributed by atoms with Gasteiger partial charge < -0.3 is 10.5 Å². The van der Waals surface area contributed by atoms with E-state index >= 15 is 0 Å². The second-order valence-corrected chi connectivity index (χ2v) is 7.46. The lowest BCUT2D eigenvalue weighted by molar-refractivity contribution is -0.0459. The van der Waals surface area contributed by atoms with Gasteiger partial charge in [-0.2, -0.15) is 17.0 Å². The number of piperidine rings is 1. The molecule has 2 rings (SSSR count). The molecule has 0 saturated carbocycles. The zero-order chi connectivity index (χ0) is 14.0. The molecule has 0 amide bonds. The molecule has 2 aliphatic rings. The van der Waals surface area contributed by atoms with E-state index in [2.05, 4.69) is 0 Å². The molecule has 2 N–H and O–H groups in total. The lowest BCUT2D eigenvalue weighted by Crippen LogP contribution is -2.57. The van der Waals surface area contributed by atoms with Crippen LogP contribution in [0.3, 0.4) is 0 Å². The minimum atomic E-state index is -3.41. The first-order valence-electron chi connectivity index (χ1n) is 7.07. The van der Waals surface area contributed by atoms with Crippen molar-refractivity contribution >= 4 is 22.6 Å². The van der Waals surface area contributed by atoms with Crippen molar-refractivity contribution in [2.45, 2.75) is 51.4 Å². The van der Waals surface area contributed by atoms with Gasteiger partial charge >= 0.3 is 0 Å². The predicted octanol–water partition coefficient (Wildman–Crippen LogP) is 0.575. The van der Waals surface area contributed by atoms with Crippen molar-refractivity contribution < 1.29 is 13.2 Å². The standard InChI is InChI=1S/C12H25N3O3S.ClH/c1-10-8-14(9-11(2)18-10)19(16,17)15-6-4-3-5-12(15)7-13;/h10-12H,3-9,13H2,1-2H3;1H. The zero-order valence-corrected chi connectivity index (χ0v) is 13.8. The van der Waals surface area contributed by atoms with Gasteiger partial charge in [-0.3, -0.25) is 0 Å². The third-order valence-corrected chi connectivity index (χ3v) is 5.88. The molecule has 6 nitrogen and oxygen atoms in total. The molecule has 3 unspecified atom stereocenters. The molecule has 0 radical (unpaired) electrons. The van der Waals surface area contributed by atoms with E-state index in [1.165, 1.54) is 0 Å². The monoisotopic (exact) mass is 327 g/mol. The van der Waals surface area contributed by atoms with Gasteiger partial charge in [0.25, 0.3) is 10.2 Å². The van der Waals surface area contributed by atoms with Crippen LogP contribution in [0.4, 0.5) is 0 Å². The van der Waals surface area contributed by atoms with Crippen molar-refractivity contribution in [2.24, 2.45) is 5.73 Å². The summed E-state index contributed by atoms with van der Waals surface area (Å²) in [5.41, 5.74) is 5.73. The third-order valence-electron chi connectivity index (χ3n) is 3.85. The molecule has 2 fully saturated rings. The van der Waals surface area contributed by atoms with Crippen LogP contribution >= 0.6 is 12.4 Å². The van der Waals surface area contributed by atoms with Crippen LogP contribution in [0.25, 0.3) is 0 Å². The van der Waals surface area contributed by atoms with Gasteiger partial charge in [0.05, 0.1) is 12.2 Å². The van der Waals surface area contributed by atoms with Crippen LogP contribution in [0.15, 0.2) is 0 Å². The van der Waals surface area contributed by atoms with Crippen LogP contribution < -0.4 is 5.73 Å². The van der Waals surface area contributed by atoms with E-state index in [4.69, 9.17) is 10.5 Å². The largest absolute Gasteiger partial charge is 0.373 e. The number of hydrogen-bond acceptors (Lipinski definition) is 4. The molecule has 0 aromatic heterocycles. The molecular weight excluding hydrogens is 302 g/mol. The molecule has 0 aromatic carbocycles. The number of halogens is 1. The topological polar surface area (TPSA) is 75.9 Å². The Morgan fingerprint density at radius 1 is 1.20 bits per heavy atom. The van der Waals surface area contributed by atoms with Crippen LogP contribution in [-0.4, -0.2) is 61.5 Å². The number of nitrogens with zero attached hydrogens (tertiary/aromatic N) is 2. The van der Waals surface area contributed by atoms with Gasteiger partial charge in [-0.25, -0.2) is 0 Å². The molecule has 0 aliphatic carbocycles. The second-order valence-electron chi connectivity index (χ2n) is 5.58. The fourth-order valence-corrected chi connectivity index (χ4v) is 5.00. The molecule has 2 heterocycles. The van der Waals surface area contributed by atoms with Gasteiger partial charge in [0, 0.05) is 32.2 Å². The fraction of sp³-hybridized carbons (Fsp3) is 1.00. The van der Waals surface area contributed by atoms with Crippen LogP contribution in [-0.2, 0) is 14.9 Å². The van der Waals surface area contributed by atoms with E-state index in [0.717, 1.165) is 19.3 Å². The highest BCUT2D eigenvalue weighted by molar-refractivity contribution is 7.86. The van der Waals surface area contributed by atoms with Gasteiger partial charge in [-0.1, -0.05) is 6.42 Å². The summed E-state index contributed by atoms with van der Waals surface area (Å²) in [4.78, 5) is 0. The summed E-state index contributed by atoms with van der Waals surface area (Å²) >= 11 is 0. The lowest BCUT2D eigenvalue weighted by Gasteiger charge is -2.41. The Bertz CT molecular complexity index is 397. The molecule has 2 aliphatic heterocycles. The number of ether oxygens (including phenoxy) is 1. The van der Waals surface area contributed by atoms with Gasteiger partial charge in [0.1, 0.15) is 0 Å². The van der Waals surface area contributed by atoms with Crippen LogP contribution in [0.2, 0.25) is 0 Å². The highest BCUT2D eigenvalue weighted by Gasteiger charge is 2.39. The molecule has 0 aromatic rings. The van der Waals surface area contributed by atoms with Crippen molar-refractivity contribution in [1.29, 1.82) is 0 Å². The highest BCUT2D eigenvalue weighted by atomic mass is 35.5. The molecule has 3 atom stereocenters. The Morgan fingerprint density at radius 2 is 1.80 bits per heavy atom. The highest BCUT2D eigenvalue weighted by Crippen LogP contribution is 2.24. The molecular formula is C12H26ClN3O3S. The first kappa shape index (κ1) is 18.1. The Balaban J connectivity index is 0.00000200. The second kappa shape index (κ2) is 7.38. The third kappa shape index (κ3) is 3.84. The predicted molar refractivity (Wildman–Crippen MR) is 81.1 cm³/mol. The first-order valence-corrected chi connectivity index (χ1v) is 8.47. The summed E-state index contributed by atoms with van der Waals surface area (Å²) < 4.78 is 34.2. The Kier molecular flexibility index (Phi) is 6.69. The molecule has 0 bridgehead atoms. The van der Waals surface area contributed by atoms with Crippen LogP contribution in [0, 0.1) is 0 Å². The molecule has 0 spiro atoms. The maximum atomic E-state index is 12.7. The van der Waals surface area contributed by atoms with Crippen LogP contribution in [0.1, 0.15) is 33.1 Å². The summed E-state index contributed by atoms with van der Waals surface area (Å²) in [5.74, 6) is 0. The number of hydrogen-bond donors (Lipinski definition) is 1. The van der Waals surface area contributed by atoms with Crippen molar-refractivity contribution in [3.63, 3.8) is 0 Å². The van der Waals surface area contributed by atoms with Gasteiger partial charge in [-0.05, 0) is 26.7 Å². The Hall–Kier alpha value is 0.0800. The van der Waals surface area contributed by atoms with Crippen molar-refractivity contribution in [3.05, 3.63) is 0 Å². The normalized spacial score (nSPS) is 33.6. The smallest absolute Gasteiger partial charge is 0.282 e. The summed E-state index contributed by atoms with van der Waals surface area (Å²) in [6.07, 6.45) is 2.74. The SMILES string of the molecule is CC1CN(S(=O)(=O)N2CCCCC2CN)CC(C)O1.Cl. The Morgan fingerprint density at radius 3 is 2.35 bits per heavy atom. The summed E-state index contributed by atoms with van der Waals surface area (Å²) in [6, 6.07) is -0.0489. The molecule has 8 heteroatoms. The van der Waals surface area contributed by atoms with E-state index in [0.29, 0.717) is 26.2 Å². The van der Waals surface area contributed by atoms with Crippen molar-refractivity contribution in [2.75, 3.05) is 26.2 Å². The van der Waals surface area contributed by atoms with Gasteiger partial charge in [-0.15, -0.1) is 12.4 Å². The average Bonchev–Trinajstić information content (AvgIpc) is 2.37. The minimum absolute atomic E-state index is 0. The van der Waals surface area contributed by atoms with Gasteiger partial charge in [0.2, 0.25) is 0 Å². The zero-order valence-electron chi connectivity index (χ0n) is 12.2. The maximum absolute atomic E-state index is 12.7. The summed E-state index contributed by atoms with van der Waals surface area (Å²) in [6.45, 7) is 5.67. The lowest BCUT2D eigenvalue weighted by atomic mass is 10.1. The van der Waals surface area contributed by atoms with Crippen molar-refractivity contribution in [3.8, 4) is 0 Å². The quantitative estimate of drug-likeness (QED) is 0.822. The number of nitrogens with two attached hydrogens (primary N) is 1. The van der Waals surface area contributed by atoms with Gasteiger partial charge in [0.15, 0.2) is 0 Å². The molecule has 20 heavy (non-hydrogen) atoms. The van der Waals surface area contributed by atoms with Crippen molar-refractivity contribution in [1.82, 2.24) is 8.61 Å².